The van der Waals surface area contributed by atoms with E-state index in [0.29, 0.717) is 0 Å². The maximum Gasteiger partial charge on any atom is 0.134 e. The van der Waals surface area contributed by atoms with Crippen LogP contribution in [-0.4, -0.2) is 47.4 Å². The Morgan fingerprint density at radius 2 is 2.04 bits per heavy atom. The Morgan fingerprint density at radius 3 is 2.89 bits per heavy atom. The van der Waals surface area contributed by atoms with Crippen molar-refractivity contribution in [2.45, 2.75) is 45.2 Å². The minimum Gasteiger partial charge on any atom is -0.494 e. The van der Waals surface area contributed by atoms with Crippen molar-refractivity contribution >= 4 is 11.6 Å². The second kappa shape index (κ2) is 8.13. The van der Waals surface area contributed by atoms with Gasteiger partial charge in [0.25, 0.3) is 0 Å². The molecule has 0 spiro atoms. The summed E-state index contributed by atoms with van der Waals surface area (Å²) in [6, 6.07) is 8.68. The van der Waals surface area contributed by atoms with Crippen molar-refractivity contribution in [2.75, 3.05) is 36.1 Å². The van der Waals surface area contributed by atoms with E-state index >= 15 is 0 Å². The lowest BCUT2D eigenvalue weighted by molar-refractivity contribution is 0.266. The van der Waals surface area contributed by atoms with E-state index in [1.807, 2.05) is 0 Å². The first-order valence-electron chi connectivity index (χ1n) is 9.97. The lowest BCUT2D eigenvalue weighted by atomic mass is 9.99. The summed E-state index contributed by atoms with van der Waals surface area (Å²) in [5.41, 5.74) is 2.70. The van der Waals surface area contributed by atoms with Crippen molar-refractivity contribution in [1.29, 1.82) is 0 Å². The number of aliphatic hydroxyl groups excluding tert-OH is 1. The molecular weight excluding hydrogens is 340 g/mol. The van der Waals surface area contributed by atoms with Crippen LogP contribution in [0.3, 0.4) is 0 Å². The zero-order valence-corrected chi connectivity index (χ0v) is 16.0. The maximum absolute atomic E-state index is 9.60. The van der Waals surface area contributed by atoms with Crippen LogP contribution in [0.15, 0.2) is 30.6 Å². The molecule has 144 valence electrons. The summed E-state index contributed by atoms with van der Waals surface area (Å²) in [5, 5.41) is 9.60. The van der Waals surface area contributed by atoms with Crippen LogP contribution < -0.4 is 14.5 Å². The van der Waals surface area contributed by atoms with Gasteiger partial charge in [0, 0.05) is 25.7 Å². The van der Waals surface area contributed by atoms with Crippen LogP contribution in [0.2, 0.25) is 0 Å². The summed E-state index contributed by atoms with van der Waals surface area (Å²) in [5.74, 6) is 2.85. The highest BCUT2D eigenvalue weighted by molar-refractivity contribution is 5.53. The Morgan fingerprint density at radius 1 is 1.15 bits per heavy atom. The fraction of sp³-hybridized carbons (Fsp3) is 0.524. The SMILES string of the molecule is CCCOc1ccc2c(c1)CCN(c1cc(N3CCCC3CO)ncn1)C2. The zero-order chi connectivity index (χ0) is 18.6. The number of aromatic nitrogens is 2. The van der Waals surface area contributed by atoms with Gasteiger partial charge in [0.2, 0.25) is 0 Å². The molecule has 0 amide bonds. The van der Waals surface area contributed by atoms with E-state index in [0.717, 1.165) is 69.3 Å². The van der Waals surface area contributed by atoms with Crippen LogP contribution in [0.5, 0.6) is 5.75 Å². The van der Waals surface area contributed by atoms with Gasteiger partial charge in [-0.25, -0.2) is 9.97 Å². The second-order valence-electron chi connectivity index (χ2n) is 7.36. The molecule has 6 heteroatoms. The minimum absolute atomic E-state index is 0.177. The molecule has 1 N–H and O–H groups in total. The van der Waals surface area contributed by atoms with Crippen LogP contribution in [0.4, 0.5) is 11.6 Å². The quantitative estimate of drug-likeness (QED) is 0.846. The standard InChI is InChI=1S/C21H28N4O2/c1-2-10-27-19-6-5-17-13-24(9-7-16(17)11-19)20-12-21(23-15-22-20)25-8-3-4-18(25)14-26/h5-6,11-12,15,18,26H,2-4,7-10,13-14H2,1H3. The zero-order valence-electron chi connectivity index (χ0n) is 16.0. The van der Waals surface area contributed by atoms with E-state index in [4.69, 9.17) is 4.74 Å². The molecule has 1 aromatic carbocycles. The number of rotatable bonds is 6. The topological polar surface area (TPSA) is 61.7 Å². The summed E-state index contributed by atoms with van der Waals surface area (Å²) in [6.45, 7) is 5.80. The van der Waals surface area contributed by atoms with Crippen LogP contribution in [0, 0.1) is 0 Å². The Kier molecular flexibility index (Phi) is 5.43. The third-order valence-electron chi connectivity index (χ3n) is 5.51. The van der Waals surface area contributed by atoms with Crippen LogP contribution >= 0.6 is 0 Å². The van der Waals surface area contributed by atoms with Crippen LogP contribution in [0.25, 0.3) is 0 Å². The maximum atomic E-state index is 9.60. The van der Waals surface area contributed by atoms with Gasteiger partial charge in [-0.2, -0.15) is 0 Å². The number of nitrogens with zero attached hydrogens (tertiary/aromatic N) is 4. The number of hydrogen-bond acceptors (Lipinski definition) is 6. The molecule has 0 radical (unpaired) electrons. The Bertz CT molecular complexity index is 783. The molecule has 1 fully saturated rings. The van der Waals surface area contributed by atoms with Crippen molar-refractivity contribution in [3.8, 4) is 5.75 Å². The fourth-order valence-electron chi connectivity index (χ4n) is 4.03. The number of benzene rings is 1. The molecule has 2 aliphatic heterocycles. The van der Waals surface area contributed by atoms with Crippen molar-refractivity contribution in [1.82, 2.24) is 9.97 Å². The molecule has 0 aliphatic carbocycles. The highest BCUT2D eigenvalue weighted by atomic mass is 16.5. The van der Waals surface area contributed by atoms with E-state index in [2.05, 4.69) is 51.0 Å². The van der Waals surface area contributed by atoms with Gasteiger partial charge >= 0.3 is 0 Å². The number of aliphatic hydroxyl groups is 1. The van der Waals surface area contributed by atoms with Gasteiger partial charge in [0.05, 0.1) is 19.3 Å². The molecule has 0 saturated carbocycles. The van der Waals surface area contributed by atoms with Gasteiger partial charge < -0.3 is 19.6 Å². The molecule has 6 nitrogen and oxygen atoms in total. The Balaban J connectivity index is 1.50. The first-order chi connectivity index (χ1) is 13.3. The molecule has 1 saturated heterocycles. The van der Waals surface area contributed by atoms with E-state index in [-0.39, 0.29) is 12.6 Å². The fourth-order valence-corrected chi connectivity index (χ4v) is 4.03. The van der Waals surface area contributed by atoms with E-state index < -0.39 is 0 Å². The van der Waals surface area contributed by atoms with E-state index in [9.17, 15) is 5.11 Å². The van der Waals surface area contributed by atoms with Gasteiger partial charge in [-0.3, -0.25) is 0 Å². The van der Waals surface area contributed by atoms with Crippen molar-refractivity contribution in [2.24, 2.45) is 0 Å². The lowest BCUT2D eigenvalue weighted by Crippen LogP contribution is -2.34. The van der Waals surface area contributed by atoms with Gasteiger partial charge in [-0.1, -0.05) is 13.0 Å². The molecular formula is C21H28N4O2. The number of ether oxygens (including phenoxy) is 1. The van der Waals surface area contributed by atoms with Crippen molar-refractivity contribution in [3.05, 3.63) is 41.7 Å². The predicted molar refractivity (Wildman–Crippen MR) is 106 cm³/mol. The summed E-state index contributed by atoms with van der Waals surface area (Å²) >= 11 is 0. The average molecular weight is 368 g/mol. The third-order valence-corrected chi connectivity index (χ3v) is 5.51. The first kappa shape index (κ1) is 18.0. The summed E-state index contributed by atoms with van der Waals surface area (Å²) in [7, 11) is 0. The number of fused-ring (bicyclic) bond motifs is 1. The predicted octanol–water partition coefficient (Wildman–Crippen LogP) is 2.79. The van der Waals surface area contributed by atoms with Crippen LogP contribution in [0.1, 0.15) is 37.3 Å². The highest BCUT2D eigenvalue weighted by Crippen LogP contribution is 2.29. The molecule has 0 bridgehead atoms. The van der Waals surface area contributed by atoms with E-state index in [1.54, 1.807) is 6.33 Å². The van der Waals surface area contributed by atoms with Gasteiger partial charge in [-0.05, 0) is 48.9 Å². The monoisotopic (exact) mass is 368 g/mol. The molecule has 2 aromatic rings. The Labute approximate surface area is 160 Å². The van der Waals surface area contributed by atoms with Gasteiger partial charge in [-0.15, -0.1) is 0 Å². The molecule has 1 aromatic heterocycles. The first-order valence-corrected chi connectivity index (χ1v) is 9.97. The van der Waals surface area contributed by atoms with Crippen molar-refractivity contribution in [3.63, 3.8) is 0 Å². The smallest absolute Gasteiger partial charge is 0.134 e. The Hall–Kier alpha value is -2.34. The lowest BCUT2D eigenvalue weighted by Gasteiger charge is -2.31. The highest BCUT2D eigenvalue weighted by Gasteiger charge is 2.26. The van der Waals surface area contributed by atoms with Gasteiger partial charge in [0.15, 0.2) is 0 Å². The van der Waals surface area contributed by atoms with Crippen LogP contribution in [-0.2, 0) is 13.0 Å². The normalized spacial score (nSPS) is 19.3. The van der Waals surface area contributed by atoms with E-state index in [1.165, 1.54) is 11.1 Å². The molecule has 3 heterocycles. The second-order valence-corrected chi connectivity index (χ2v) is 7.36. The van der Waals surface area contributed by atoms with Gasteiger partial charge in [0.1, 0.15) is 23.7 Å². The number of anilines is 2. The minimum atomic E-state index is 0.177. The summed E-state index contributed by atoms with van der Waals surface area (Å²) in [4.78, 5) is 13.5. The summed E-state index contributed by atoms with van der Waals surface area (Å²) in [6.07, 6.45) is 5.78. The average Bonchev–Trinajstić information content (AvgIpc) is 3.21. The number of hydrogen-bond donors (Lipinski definition) is 1. The van der Waals surface area contributed by atoms with Crippen molar-refractivity contribution < 1.29 is 9.84 Å². The molecule has 1 unspecified atom stereocenters. The molecule has 4 rings (SSSR count). The molecule has 2 aliphatic rings. The summed E-state index contributed by atoms with van der Waals surface area (Å²) < 4.78 is 5.77. The third kappa shape index (κ3) is 3.86. The largest absolute Gasteiger partial charge is 0.494 e. The molecule has 27 heavy (non-hydrogen) atoms. The molecule has 1 atom stereocenters.